The van der Waals surface area contributed by atoms with Gasteiger partial charge in [0.1, 0.15) is 5.82 Å². The van der Waals surface area contributed by atoms with Crippen LogP contribution in [0.1, 0.15) is 0 Å². The molecule has 0 aliphatic carbocycles. The lowest BCUT2D eigenvalue weighted by Crippen LogP contribution is -2.38. The van der Waals surface area contributed by atoms with Gasteiger partial charge >= 0.3 is 0 Å². The molecule has 1 heterocycles. The van der Waals surface area contributed by atoms with Crippen molar-refractivity contribution in [2.24, 2.45) is 0 Å². The number of sulfonamides is 1. The number of anilines is 1. The van der Waals surface area contributed by atoms with Crippen molar-refractivity contribution in [2.75, 3.05) is 17.1 Å². The molecule has 5 nitrogen and oxygen atoms in total. The lowest BCUT2D eigenvalue weighted by Gasteiger charge is -2.25. The minimum atomic E-state index is -3.69. The van der Waals surface area contributed by atoms with Crippen LogP contribution in [-0.2, 0) is 16.6 Å². The van der Waals surface area contributed by atoms with Gasteiger partial charge in [-0.05, 0) is 60.7 Å². The fourth-order valence-electron chi connectivity index (χ4n) is 3.74. The van der Waals surface area contributed by atoms with Crippen LogP contribution in [0.4, 0.5) is 10.1 Å². The molecule has 162 valence electrons. The van der Waals surface area contributed by atoms with Gasteiger partial charge in [-0.3, -0.25) is 4.31 Å². The molecule has 0 unspecified atom stereocenters. The standard InChI is InChI=1S/C22H19Cl2FN2O3S/c1-31(29,30)27(17-6-4-16(25)5-7-17)13-18(28)12-26-21-8-2-14(23)10-19(21)20-11-15(24)3-9-22(20)26/h2-11,18,28H,12-13H2,1H3/t18-/m0/s1. The number of fused-ring (bicyclic) bond motifs is 3. The number of benzene rings is 3. The van der Waals surface area contributed by atoms with Crippen LogP contribution in [0.2, 0.25) is 10.0 Å². The zero-order valence-corrected chi connectivity index (χ0v) is 18.8. The lowest BCUT2D eigenvalue weighted by molar-refractivity contribution is 0.166. The van der Waals surface area contributed by atoms with E-state index in [1.165, 1.54) is 24.3 Å². The number of halogens is 3. The number of hydrogen-bond acceptors (Lipinski definition) is 3. The summed E-state index contributed by atoms with van der Waals surface area (Å²) in [4.78, 5) is 0. The highest BCUT2D eigenvalue weighted by Crippen LogP contribution is 2.33. The topological polar surface area (TPSA) is 62.5 Å². The van der Waals surface area contributed by atoms with E-state index in [1.54, 1.807) is 12.1 Å². The second kappa shape index (κ2) is 8.31. The number of aliphatic hydroxyl groups excluding tert-OH is 1. The smallest absolute Gasteiger partial charge is 0.232 e. The molecule has 0 saturated heterocycles. The summed E-state index contributed by atoms with van der Waals surface area (Å²) in [5.74, 6) is -0.472. The Kier molecular flexibility index (Phi) is 5.87. The van der Waals surface area contributed by atoms with Crippen molar-refractivity contribution in [1.82, 2.24) is 4.57 Å². The van der Waals surface area contributed by atoms with Crippen molar-refractivity contribution in [3.8, 4) is 0 Å². The monoisotopic (exact) mass is 480 g/mol. The number of hydrogen-bond donors (Lipinski definition) is 1. The van der Waals surface area contributed by atoms with E-state index in [0.717, 1.165) is 32.4 Å². The molecule has 31 heavy (non-hydrogen) atoms. The van der Waals surface area contributed by atoms with E-state index in [1.807, 2.05) is 28.8 Å². The van der Waals surface area contributed by atoms with Crippen LogP contribution >= 0.6 is 23.2 Å². The molecule has 0 aliphatic heterocycles. The Hall–Kier alpha value is -2.32. The highest BCUT2D eigenvalue weighted by atomic mass is 35.5. The van der Waals surface area contributed by atoms with Gasteiger partial charge in [-0.15, -0.1) is 0 Å². The molecule has 4 rings (SSSR count). The van der Waals surface area contributed by atoms with Crippen LogP contribution in [-0.4, -0.2) is 37.0 Å². The highest BCUT2D eigenvalue weighted by Gasteiger charge is 2.23. The maximum absolute atomic E-state index is 13.3. The molecule has 0 saturated carbocycles. The first kappa shape index (κ1) is 21.9. The van der Waals surface area contributed by atoms with Crippen LogP contribution in [0.25, 0.3) is 21.8 Å². The van der Waals surface area contributed by atoms with E-state index in [-0.39, 0.29) is 18.8 Å². The quantitative estimate of drug-likeness (QED) is 0.419. The SMILES string of the molecule is CS(=O)(=O)N(C[C@@H](O)Cn1c2ccc(Cl)cc2c2cc(Cl)ccc21)c1ccc(F)cc1. The third-order valence-corrected chi connectivity index (χ3v) is 6.70. The summed E-state index contributed by atoms with van der Waals surface area (Å²) in [6.45, 7) is -0.0523. The predicted octanol–water partition coefficient (Wildman–Crippen LogP) is 5.07. The zero-order chi connectivity index (χ0) is 22.3. The Balaban J connectivity index is 1.72. The number of aromatic nitrogens is 1. The molecule has 0 radical (unpaired) electrons. The molecule has 1 atom stereocenters. The van der Waals surface area contributed by atoms with Gasteiger partial charge < -0.3 is 9.67 Å². The average molecular weight is 481 g/mol. The Morgan fingerprint density at radius 2 is 1.48 bits per heavy atom. The van der Waals surface area contributed by atoms with E-state index in [9.17, 15) is 17.9 Å². The van der Waals surface area contributed by atoms with Gasteiger partial charge in [-0.1, -0.05) is 23.2 Å². The molecular weight excluding hydrogens is 462 g/mol. The third kappa shape index (κ3) is 4.50. The average Bonchev–Trinajstić information content (AvgIpc) is 2.98. The molecule has 3 aromatic carbocycles. The second-order valence-corrected chi connectivity index (χ2v) is 10.1. The number of rotatable bonds is 6. The zero-order valence-electron chi connectivity index (χ0n) is 16.5. The predicted molar refractivity (Wildman–Crippen MR) is 124 cm³/mol. The molecule has 9 heteroatoms. The molecule has 4 aromatic rings. The second-order valence-electron chi connectivity index (χ2n) is 7.36. The highest BCUT2D eigenvalue weighted by molar-refractivity contribution is 7.92. The van der Waals surface area contributed by atoms with Crippen LogP contribution < -0.4 is 4.31 Å². The van der Waals surface area contributed by atoms with E-state index in [0.29, 0.717) is 10.0 Å². The van der Waals surface area contributed by atoms with Gasteiger partial charge in [0.2, 0.25) is 10.0 Å². The van der Waals surface area contributed by atoms with Gasteiger partial charge in [0.25, 0.3) is 0 Å². The van der Waals surface area contributed by atoms with Gasteiger partial charge in [0, 0.05) is 31.9 Å². The summed E-state index contributed by atoms with van der Waals surface area (Å²) in [6, 6.07) is 16.0. The van der Waals surface area contributed by atoms with Gasteiger partial charge in [0.05, 0.1) is 31.1 Å². The summed E-state index contributed by atoms with van der Waals surface area (Å²) >= 11 is 12.4. The summed E-state index contributed by atoms with van der Waals surface area (Å²) in [6.07, 6.45) is 0.0120. The van der Waals surface area contributed by atoms with E-state index in [2.05, 4.69) is 0 Å². The number of aliphatic hydroxyl groups is 1. The van der Waals surface area contributed by atoms with Gasteiger partial charge in [-0.25, -0.2) is 12.8 Å². The molecule has 0 fully saturated rings. The van der Waals surface area contributed by atoms with E-state index in [4.69, 9.17) is 23.2 Å². The largest absolute Gasteiger partial charge is 0.389 e. The summed E-state index contributed by atoms with van der Waals surface area (Å²) < 4.78 is 40.9. The first-order valence-electron chi connectivity index (χ1n) is 9.42. The van der Waals surface area contributed by atoms with Crippen molar-refractivity contribution < 1.29 is 17.9 Å². The minimum Gasteiger partial charge on any atom is -0.389 e. The third-order valence-electron chi connectivity index (χ3n) is 5.07. The van der Waals surface area contributed by atoms with Gasteiger partial charge in [0.15, 0.2) is 0 Å². The molecule has 0 spiro atoms. The van der Waals surface area contributed by atoms with Crippen LogP contribution in [0.15, 0.2) is 60.7 Å². The fraction of sp³-hybridized carbons (Fsp3) is 0.182. The number of nitrogens with zero attached hydrogens (tertiary/aromatic N) is 2. The lowest BCUT2D eigenvalue weighted by atomic mass is 10.1. The molecule has 0 amide bonds. The molecule has 0 aliphatic rings. The van der Waals surface area contributed by atoms with Crippen LogP contribution in [0.3, 0.4) is 0 Å². The van der Waals surface area contributed by atoms with E-state index < -0.39 is 21.9 Å². The van der Waals surface area contributed by atoms with Gasteiger partial charge in [-0.2, -0.15) is 0 Å². The Morgan fingerprint density at radius 1 is 0.968 bits per heavy atom. The van der Waals surface area contributed by atoms with Crippen molar-refractivity contribution in [3.63, 3.8) is 0 Å². The fourth-order valence-corrected chi connectivity index (χ4v) is 5.04. The van der Waals surface area contributed by atoms with Crippen molar-refractivity contribution in [3.05, 3.63) is 76.5 Å². The molecule has 1 N–H and O–H groups in total. The van der Waals surface area contributed by atoms with Crippen molar-refractivity contribution in [2.45, 2.75) is 12.6 Å². The maximum atomic E-state index is 13.3. The summed E-state index contributed by atoms with van der Waals surface area (Å²) in [5.41, 5.74) is 1.96. The first-order chi connectivity index (χ1) is 14.6. The van der Waals surface area contributed by atoms with Crippen LogP contribution in [0, 0.1) is 5.82 Å². The first-order valence-corrected chi connectivity index (χ1v) is 12.0. The summed E-state index contributed by atoms with van der Waals surface area (Å²) in [5, 5.41) is 13.8. The minimum absolute atomic E-state index is 0.135. The Bertz CT molecular complexity index is 1310. The Morgan fingerprint density at radius 3 is 1.97 bits per heavy atom. The molecule has 1 aromatic heterocycles. The van der Waals surface area contributed by atoms with Crippen molar-refractivity contribution >= 4 is 60.7 Å². The normalized spacial score (nSPS) is 13.1. The van der Waals surface area contributed by atoms with Crippen molar-refractivity contribution in [1.29, 1.82) is 0 Å². The van der Waals surface area contributed by atoms with E-state index >= 15 is 0 Å². The van der Waals surface area contributed by atoms with Crippen LogP contribution in [0.5, 0.6) is 0 Å². The molecule has 0 bridgehead atoms. The Labute approximate surface area is 189 Å². The summed E-state index contributed by atoms with van der Waals surface area (Å²) in [7, 11) is -3.69. The molecular formula is C22H19Cl2FN2O3S. The maximum Gasteiger partial charge on any atom is 0.232 e.